The van der Waals surface area contributed by atoms with Gasteiger partial charge < -0.3 is 15.2 Å². The first kappa shape index (κ1) is 11.5. The molecule has 2 N–H and O–H groups in total. The van der Waals surface area contributed by atoms with Crippen molar-refractivity contribution in [2.75, 3.05) is 25.0 Å². The Morgan fingerprint density at radius 1 is 1.39 bits per heavy atom. The number of aromatic nitrogens is 2. The van der Waals surface area contributed by atoms with E-state index < -0.39 is 0 Å². The maximum absolute atomic E-state index is 4.35. The summed E-state index contributed by atoms with van der Waals surface area (Å²) in [6.07, 6.45) is 5.08. The summed E-state index contributed by atoms with van der Waals surface area (Å²) < 4.78 is 0. The van der Waals surface area contributed by atoms with Crippen molar-refractivity contribution >= 4 is 16.7 Å². The van der Waals surface area contributed by atoms with Crippen LogP contribution in [0.2, 0.25) is 0 Å². The van der Waals surface area contributed by atoms with Crippen molar-refractivity contribution in [1.82, 2.24) is 15.3 Å². The normalized spacial score (nSPS) is 24.3. The van der Waals surface area contributed by atoms with Crippen molar-refractivity contribution in [3.8, 4) is 0 Å². The summed E-state index contributed by atoms with van der Waals surface area (Å²) in [4.78, 5) is 9.92. The molecule has 0 radical (unpaired) electrons. The van der Waals surface area contributed by atoms with Crippen molar-refractivity contribution in [3.63, 3.8) is 0 Å². The maximum atomic E-state index is 4.35. The first-order valence-electron chi connectivity index (χ1n) is 6.63. The molecule has 4 nitrogen and oxygen atoms in total. The molecule has 2 atom stereocenters. The molecule has 0 bridgehead atoms. The Balaban J connectivity index is 1.95. The average molecular weight is 244 g/mol. The van der Waals surface area contributed by atoms with E-state index in [1.807, 2.05) is 12.4 Å². The summed E-state index contributed by atoms with van der Waals surface area (Å²) in [5, 5.41) is 4.70. The molecule has 2 aromatic heterocycles. The molecule has 1 aliphatic heterocycles. The summed E-state index contributed by atoms with van der Waals surface area (Å²) in [6.45, 7) is 4.55. The molecule has 0 saturated carbocycles. The number of anilines is 1. The molecule has 0 spiro atoms. The van der Waals surface area contributed by atoms with E-state index in [0.29, 0.717) is 6.04 Å². The second-order valence-corrected chi connectivity index (χ2v) is 5.22. The van der Waals surface area contributed by atoms with Gasteiger partial charge in [-0.15, -0.1) is 0 Å². The van der Waals surface area contributed by atoms with Gasteiger partial charge in [0, 0.05) is 43.1 Å². The van der Waals surface area contributed by atoms with Crippen LogP contribution in [0.1, 0.15) is 13.3 Å². The van der Waals surface area contributed by atoms with Gasteiger partial charge in [0.15, 0.2) is 0 Å². The van der Waals surface area contributed by atoms with Gasteiger partial charge in [-0.25, -0.2) is 4.98 Å². The van der Waals surface area contributed by atoms with Gasteiger partial charge in [-0.05, 0) is 31.0 Å². The smallest absolute Gasteiger partial charge is 0.139 e. The van der Waals surface area contributed by atoms with E-state index in [0.717, 1.165) is 24.7 Å². The lowest BCUT2D eigenvalue weighted by molar-refractivity contribution is 0.339. The zero-order chi connectivity index (χ0) is 12.5. The van der Waals surface area contributed by atoms with Gasteiger partial charge in [-0.2, -0.15) is 0 Å². The molecule has 0 amide bonds. The van der Waals surface area contributed by atoms with E-state index in [9.17, 15) is 0 Å². The van der Waals surface area contributed by atoms with Gasteiger partial charge in [0.25, 0.3) is 0 Å². The fourth-order valence-corrected chi connectivity index (χ4v) is 2.92. The van der Waals surface area contributed by atoms with Crippen LogP contribution in [0.3, 0.4) is 0 Å². The largest absolute Gasteiger partial charge is 0.369 e. The van der Waals surface area contributed by atoms with Gasteiger partial charge in [0.2, 0.25) is 0 Å². The van der Waals surface area contributed by atoms with Crippen molar-refractivity contribution in [1.29, 1.82) is 0 Å². The summed E-state index contributed by atoms with van der Waals surface area (Å²) in [6, 6.07) is 4.77. The van der Waals surface area contributed by atoms with Crippen molar-refractivity contribution in [2.24, 2.45) is 5.92 Å². The molecule has 3 heterocycles. The number of hydrogen-bond donors (Lipinski definition) is 2. The Morgan fingerprint density at radius 3 is 3.11 bits per heavy atom. The molecule has 4 heteroatoms. The van der Waals surface area contributed by atoms with Crippen LogP contribution in [-0.4, -0.2) is 36.1 Å². The van der Waals surface area contributed by atoms with Crippen LogP contribution >= 0.6 is 0 Å². The minimum atomic E-state index is 0.555. The number of hydrogen-bond acceptors (Lipinski definition) is 3. The number of H-pyrrole nitrogens is 1. The van der Waals surface area contributed by atoms with Gasteiger partial charge >= 0.3 is 0 Å². The highest BCUT2D eigenvalue weighted by atomic mass is 15.2. The number of rotatable bonds is 2. The topological polar surface area (TPSA) is 44.0 Å². The van der Waals surface area contributed by atoms with Crippen LogP contribution in [0.25, 0.3) is 11.0 Å². The van der Waals surface area contributed by atoms with Crippen molar-refractivity contribution < 1.29 is 0 Å². The molecule has 3 rings (SSSR count). The predicted molar refractivity (Wildman–Crippen MR) is 74.9 cm³/mol. The Morgan fingerprint density at radius 2 is 2.28 bits per heavy atom. The van der Waals surface area contributed by atoms with E-state index >= 15 is 0 Å². The third kappa shape index (κ3) is 1.86. The Bertz CT molecular complexity index is 533. The lowest BCUT2D eigenvalue weighted by Crippen LogP contribution is -2.49. The van der Waals surface area contributed by atoms with Gasteiger partial charge in [0.05, 0.1) is 0 Å². The molecule has 2 aromatic rings. The quantitative estimate of drug-likeness (QED) is 0.849. The molecule has 1 aliphatic rings. The Hall–Kier alpha value is -1.55. The van der Waals surface area contributed by atoms with Crippen LogP contribution in [0.4, 0.5) is 5.69 Å². The fraction of sp³-hybridized carbons (Fsp3) is 0.500. The highest BCUT2D eigenvalue weighted by Gasteiger charge is 2.25. The highest BCUT2D eigenvalue weighted by molar-refractivity contribution is 5.89. The molecule has 1 saturated heterocycles. The van der Waals surface area contributed by atoms with E-state index in [4.69, 9.17) is 0 Å². The number of fused-ring (bicyclic) bond motifs is 1. The molecule has 18 heavy (non-hydrogen) atoms. The molecular formula is C14H20N4. The standard InChI is InChI=1S/C14H20N4/c1-10-3-6-15-9-13(10)18(2)12-5-8-17-14-11(12)4-7-16-14/h4-5,7-8,10,13,15H,3,6,9H2,1-2H3,(H,16,17)/t10-,13?/m1/s1. The number of nitrogens with one attached hydrogen (secondary N) is 2. The van der Waals surface area contributed by atoms with Crippen LogP contribution in [-0.2, 0) is 0 Å². The van der Waals surface area contributed by atoms with E-state index in [2.05, 4.69) is 46.3 Å². The first-order valence-corrected chi connectivity index (χ1v) is 6.63. The zero-order valence-corrected chi connectivity index (χ0v) is 11.0. The van der Waals surface area contributed by atoms with Crippen LogP contribution in [0.15, 0.2) is 24.5 Å². The van der Waals surface area contributed by atoms with Gasteiger partial charge in [-0.1, -0.05) is 6.92 Å². The number of piperidine rings is 1. The Labute approximate surface area is 107 Å². The lowest BCUT2D eigenvalue weighted by Gasteiger charge is -2.38. The molecule has 96 valence electrons. The van der Waals surface area contributed by atoms with E-state index in [-0.39, 0.29) is 0 Å². The van der Waals surface area contributed by atoms with Crippen molar-refractivity contribution in [3.05, 3.63) is 24.5 Å². The molecule has 0 aliphatic carbocycles. The van der Waals surface area contributed by atoms with Crippen molar-refractivity contribution in [2.45, 2.75) is 19.4 Å². The maximum Gasteiger partial charge on any atom is 0.139 e. The number of nitrogens with zero attached hydrogens (tertiary/aromatic N) is 2. The molecule has 1 unspecified atom stereocenters. The second kappa shape index (κ2) is 4.61. The minimum Gasteiger partial charge on any atom is -0.369 e. The van der Waals surface area contributed by atoms with Crippen LogP contribution in [0, 0.1) is 5.92 Å². The summed E-state index contributed by atoms with van der Waals surface area (Å²) in [5.74, 6) is 0.721. The average Bonchev–Trinajstić information content (AvgIpc) is 2.86. The predicted octanol–water partition coefficient (Wildman–Crippen LogP) is 2.00. The molecule has 0 aromatic carbocycles. The summed E-state index contributed by atoms with van der Waals surface area (Å²) >= 11 is 0. The van der Waals surface area contributed by atoms with Crippen LogP contribution in [0.5, 0.6) is 0 Å². The number of likely N-dealkylation sites (N-methyl/N-ethyl adjacent to an activating group) is 1. The second-order valence-electron chi connectivity index (χ2n) is 5.22. The lowest BCUT2D eigenvalue weighted by atomic mass is 9.93. The van der Waals surface area contributed by atoms with Gasteiger partial charge in [0.1, 0.15) is 5.65 Å². The highest BCUT2D eigenvalue weighted by Crippen LogP contribution is 2.28. The van der Waals surface area contributed by atoms with E-state index in [1.54, 1.807) is 0 Å². The Kier molecular flexibility index (Phi) is 2.96. The minimum absolute atomic E-state index is 0.555. The fourth-order valence-electron chi connectivity index (χ4n) is 2.92. The summed E-state index contributed by atoms with van der Waals surface area (Å²) in [5.41, 5.74) is 2.23. The van der Waals surface area contributed by atoms with Gasteiger partial charge in [-0.3, -0.25) is 0 Å². The first-order chi connectivity index (χ1) is 8.77. The third-order valence-electron chi connectivity index (χ3n) is 4.10. The summed E-state index contributed by atoms with van der Waals surface area (Å²) in [7, 11) is 2.19. The molecule has 1 fully saturated rings. The number of aromatic amines is 1. The van der Waals surface area contributed by atoms with Crippen LogP contribution < -0.4 is 10.2 Å². The monoisotopic (exact) mass is 244 g/mol. The zero-order valence-electron chi connectivity index (χ0n) is 11.0. The third-order valence-corrected chi connectivity index (χ3v) is 4.10. The molecular weight excluding hydrogens is 224 g/mol. The van der Waals surface area contributed by atoms with E-state index in [1.165, 1.54) is 17.5 Å². The SMILES string of the molecule is C[C@@H]1CCNCC1N(C)c1ccnc2[nH]ccc12. The number of pyridine rings is 1.